The molecule has 2 heterocycles. The van der Waals surface area contributed by atoms with Gasteiger partial charge in [-0.15, -0.1) is 0 Å². The molecule has 0 amide bonds. The Morgan fingerprint density at radius 3 is 1.75 bits per heavy atom. The first-order valence-electron chi connectivity index (χ1n) is 5.43. The minimum absolute atomic E-state index is 0.886. The van der Waals surface area contributed by atoms with E-state index in [4.69, 9.17) is 0 Å². The summed E-state index contributed by atoms with van der Waals surface area (Å²) in [5.41, 5.74) is 0. The van der Waals surface area contributed by atoms with Crippen molar-refractivity contribution in [1.29, 1.82) is 0 Å². The average Bonchev–Trinajstić information content (AvgIpc) is 2.14. The second-order valence-corrected chi connectivity index (χ2v) is 4.57. The summed E-state index contributed by atoms with van der Waals surface area (Å²) in [6, 6.07) is 1.77. The van der Waals surface area contributed by atoms with Crippen LogP contribution < -0.4 is 10.6 Å². The van der Waals surface area contributed by atoms with E-state index in [0.717, 1.165) is 23.9 Å². The van der Waals surface area contributed by atoms with Crippen molar-refractivity contribution in [2.75, 3.05) is 13.1 Å². The zero-order chi connectivity index (χ0) is 7.97. The van der Waals surface area contributed by atoms with Crippen LogP contribution in [0.25, 0.3) is 0 Å². The number of hydrogen-bond acceptors (Lipinski definition) is 2. The molecule has 0 aromatic carbocycles. The lowest BCUT2D eigenvalue weighted by Gasteiger charge is -2.57. The van der Waals surface area contributed by atoms with Crippen LogP contribution in [-0.2, 0) is 0 Å². The molecule has 0 aromatic heterocycles. The Morgan fingerprint density at radius 1 is 0.750 bits per heavy atom. The highest BCUT2D eigenvalue weighted by Crippen LogP contribution is 2.43. The second kappa shape index (κ2) is 2.71. The van der Waals surface area contributed by atoms with Gasteiger partial charge in [-0.1, -0.05) is 0 Å². The third-order valence-electron chi connectivity index (χ3n) is 4.03. The van der Waals surface area contributed by atoms with Gasteiger partial charge in [-0.3, -0.25) is 0 Å². The molecular formula is C10H18N2. The lowest BCUT2D eigenvalue weighted by molar-refractivity contribution is -0.00183. The summed E-state index contributed by atoms with van der Waals surface area (Å²) in [5.74, 6) is 1.95. The fourth-order valence-electron chi connectivity index (χ4n) is 3.47. The minimum atomic E-state index is 0.886. The van der Waals surface area contributed by atoms with Crippen LogP contribution >= 0.6 is 0 Å². The first-order valence-corrected chi connectivity index (χ1v) is 5.43. The van der Waals surface area contributed by atoms with Gasteiger partial charge in [-0.2, -0.15) is 0 Å². The van der Waals surface area contributed by atoms with Crippen molar-refractivity contribution >= 4 is 0 Å². The van der Waals surface area contributed by atoms with E-state index in [1.165, 1.54) is 38.8 Å². The van der Waals surface area contributed by atoms with Gasteiger partial charge < -0.3 is 10.6 Å². The summed E-state index contributed by atoms with van der Waals surface area (Å²) >= 11 is 0. The van der Waals surface area contributed by atoms with Gasteiger partial charge in [0.2, 0.25) is 0 Å². The standard InChI is InChI=1S/C10H18N2/c1-3-7-9(11-5-1)8-4-2-6-12-10(7)8/h7-12H,1-6H2. The first-order chi connectivity index (χ1) is 5.97. The third-order valence-corrected chi connectivity index (χ3v) is 4.03. The number of hydrogen-bond donors (Lipinski definition) is 2. The maximum Gasteiger partial charge on any atom is 0.0153 e. The van der Waals surface area contributed by atoms with Crippen molar-refractivity contribution in [2.24, 2.45) is 11.8 Å². The van der Waals surface area contributed by atoms with Crippen molar-refractivity contribution in [3.8, 4) is 0 Å². The molecule has 0 unspecified atom stereocenters. The fourth-order valence-corrected chi connectivity index (χ4v) is 3.47. The van der Waals surface area contributed by atoms with Gasteiger partial charge in [0.1, 0.15) is 0 Å². The number of rotatable bonds is 0. The van der Waals surface area contributed by atoms with Gasteiger partial charge in [0.25, 0.3) is 0 Å². The van der Waals surface area contributed by atoms with E-state index in [1.807, 2.05) is 0 Å². The van der Waals surface area contributed by atoms with Crippen LogP contribution in [-0.4, -0.2) is 25.2 Å². The van der Waals surface area contributed by atoms with Gasteiger partial charge in [-0.25, -0.2) is 0 Å². The summed E-state index contributed by atoms with van der Waals surface area (Å²) in [5, 5.41) is 7.36. The Kier molecular flexibility index (Phi) is 1.66. The molecule has 2 saturated heterocycles. The molecule has 2 nitrogen and oxygen atoms in total. The van der Waals surface area contributed by atoms with Crippen LogP contribution in [0.5, 0.6) is 0 Å². The van der Waals surface area contributed by atoms with Crippen molar-refractivity contribution in [3.05, 3.63) is 0 Å². The van der Waals surface area contributed by atoms with Gasteiger partial charge in [-0.05, 0) is 50.6 Å². The summed E-state index contributed by atoms with van der Waals surface area (Å²) in [4.78, 5) is 0. The van der Waals surface area contributed by atoms with Crippen molar-refractivity contribution in [3.63, 3.8) is 0 Å². The molecule has 2 heteroatoms. The molecule has 3 fully saturated rings. The SMILES string of the molecule is C1CNC2C(C1)C1NCCCC21. The number of fused-ring (bicyclic) bond motifs is 4. The predicted octanol–water partition coefficient (Wildman–Crippen LogP) is 0.736. The van der Waals surface area contributed by atoms with Gasteiger partial charge in [0.05, 0.1) is 0 Å². The molecule has 1 aliphatic carbocycles. The van der Waals surface area contributed by atoms with Crippen molar-refractivity contribution < 1.29 is 0 Å². The molecule has 0 aromatic rings. The first kappa shape index (κ1) is 7.34. The summed E-state index contributed by atoms with van der Waals surface area (Å²) in [6.07, 6.45) is 5.72. The normalized spacial score (nSPS) is 52.0. The van der Waals surface area contributed by atoms with Crippen LogP contribution in [0.3, 0.4) is 0 Å². The van der Waals surface area contributed by atoms with Gasteiger partial charge in [0, 0.05) is 12.1 Å². The van der Waals surface area contributed by atoms with Crippen LogP contribution in [0.4, 0.5) is 0 Å². The Bertz CT molecular complexity index is 133. The Morgan fingerprint density at radius 2 is 1.25 bits per heavy atom. The van der Waals surface area contributed by atoms with E-state index in [1.54, 1.807) is 0 Å². The number of nitrogens with one attached hydrogen (secondary N) is 2. The molecule has 3 rings (SSSR count). The molecule has 0 bridgehead atoms. The van der Waals surface area contributed by atoms with Crippen LogP contribution in [0.15, 0.2) is 0 Å². The van der Waals surface area contributed by atoms with Crippen LogP contribution in [0.2, 0.25) is 0 Å². The highest BCUT2D eigenvalue weighted by Gasteiger charge is 2.51. The quantitative estimate of drug-likeness (QED) is 0.554. The molecular weight excluding hydrogens is 148 g/mol. The van der Waals surface area contributed by atoms with Crippen molar-refractivity contribution in [2.45, 2.75) is 37.8 Å². The van der Waals surface area contributed by atoms with Gasteiger partial charge in [0.15, 0.2) is 0 Å². The van der Waals surface area contributed by atoms with Gasteiger partial charge >= 0.3 is 0 Å². The summed E-state index contributed by atoms with van der Waals surface area (Å²) < 4.78 is 0. The minimum Gasteiger partial charge on any atom is -0.313 e. The van der Waals surface area contributed by atoms with E-state index in [-0.39, 0.29) is 0 Å². The Labute approximate surface area is 74.1 Å². The monoisotopic (exact) mass is 166 g/mol. The molecule has 0 atom stereocenters. The highest BCUT2D eigenvalue weighted by molar-refractivity contribution is 5.08. The van der Waals surface area contributed by atoms with Crippen LogP contribution in [0.1, 0.15) is 25.7 Å². The molecule has 2 N–H and O–H groups in total. The lowest BCUT2D eigenvalue weighted by Crippen LogP contribution is -2.70. The molecule has 12 heavy (non-hydrogen) atoms. The topological polar surface area (TPSA) is 24.1 Å². The van der Waals surface area contributed by atoms with Crippen molar-refractivity contribution in [1.82, 2.24) is 10.6 Å². The highest BCUT2D eigenvalue weighted by atomic mass is 15.1. The fraction of sp³-hybridized carbons (Fsp3) is 1.00. The molecule has 0 spiro atoms. The molecule has 1 saturated carbocycles. The summed E-state index contributed by atoms with van der Waals surface area (Å²) in [7, 11) is 0. The van der Waals surface area contributed by atoms with E-state index in [0.29, 0.717) is 0 Å². The summed E-state index contributed by atoms with van der Waals surface area (Å²) in [6.45, 7) is 2.54. The van der Waals surface area contributed by atoms with E-state index < -0.39 is 0 Å². The molecule has 2 aliphatic heterocycles. The predicted molar refractivity (Wildman–Crippen MR) is 49.0 cm³/mol. The molecule has 0 radical (unpaired) electrons. The van der Waals surface area contributed by atoms with E-state index >= 15 is 0 Å². The third kappa shape index (κ3) is 0.882. The Balaban J connectivity index is 1.73. The van der Waals surface area contributed by atoms with E-state index in [2.05, 4.69) is 10.6 Å². The maximum absolute atomic E-state index is 3.68. The molecule has 3 aliphatic rings. The smallest absolute Gasteiger partial charge is 0.0153 e. The number of piperidine rings is 2. The Hall–Kier alpha value is -0.0800. The largest absolute Gasteiger partial charge is 0.313 e. The zero-order valence-corrected chi connectivity index (χ0v) is 7.55. The maximum atomic E-state index is 3.68. The lowest BCUT2D eigenvalue weighted by atomic mass is 9.59. The van der Waals surface area contributed by atoms with E-state index in [9.17, 15) is 0 Å². The second-order valence-electron chi connectivity index (χ2n) is 4.57. The van der Waals surface area contributed by atoms with Crippen LogP contribution in [0, 0.1) is 11.8 Å². The zero-order valence-electron chi connectivity index (χ0n) is 7.55. The molecule has 68 valence electrons. The average molecular weight is 166 g/mol.